The molecule has 6 nitrogen and oxygen atoms in total. The highest BCUT2D eigenvalue weighted by Gasteiger charge is 2.29. The van der Waals surface area contributed by atoms with E-state index in [1.54, 1.807) is 4.68 Å². The Bertz CT molecular complexity index is 545. The van der Waals surface area contributed by atoms with Gasteiger partial charge in [0.25, 0.3) is 0 Å². The van der Waals surface area contributed by atoms with Gasteiger partial charge in [-0.25, -0.2) is 13.1 Å². The van der Waals surface area contributed by atoms with Crippen molar-refractivity contribution in [1.29, 1.82) is 0 Å². The van der Waals surface area contributed by atoms with Crippen LogP contribution < -0.4 is 4.72 Å². The number of aliphatic hydroxyl groups excluding tert-OH is 1. The molecule has 120 valence electrons. The van der Waals surface area contributed by atoms with Gasteiger partial charge >= 0.3 is 0 Å². The molecule has 1 fully saturated rings. The monoisotopic (exact) mass is 333 g/mol. The average Bonchev–Trinajstić information content (AvgIpc) is 3.06. The van der Waals surface area contributed by atoms with Gasteiger partial charge in [0.05, 0.1) is 6.20 Å². The predicted octanol–water partition coefficient (Wildman–Crippen LogP) is 1.22. The molecule has 1 aromatic rings. The van der Waals surface area contributed by atoms with Gasteiger partial charge in [0.1, 0.15) is 4.90 Å². The third kappa shape index (κ3) is 4.70. The quantitative estimate of drug-likeness (QED) is 0.747. The molecule has 0 aromatic carbocycles. The molecule has 8 heteroatoms. The maximum atomic E-state index is 12.3. The topological polar surface area (TPSA) is 84.2 Å². The van der Waals surface area contributed by atoms with Crippen molar-refractivity contribution in [3.8, 4) is 0 Å². The smallest absolute Gasteiger partial charge is 0.243 e. The highest BCUT2D eigenvalue weighted by atomic mass is 32.2. The molecule has 2 N–H and O–H groups in total. The molecule has 0 aliphatic heterocycles. The Labute approximate surface area is 130 Å². The van der Waals surface area contributed by atoms with Crippen molar-refractivity contribution in [1.82, 2.24) is 14.5 Å². The van der Waals surface area contributed by atoms with Crippen LogP contribution in [-0.2, 0) is 16.6 Å². The molecule has 1 saturated carbocycles. The molecule has 1 aliphatic carbocycles. The second-order valence-corrected chi connectivity index (χ2v) is 8.52. The second-order valence-electron chi connectivity index (χ2n) is 5.22. The van der Waals surface area contributed by atoms with Crippen molar-refractivity contribution in [2.45, 2.75) is 55.3 Å². The van der Waals surface area contributed by atoms with Gasteiger partial charge in [-0.2, -0.15) is 16.9 Å². The van der Waals surface area contributed by atoms with E-state index < -0.39 is 10.0 Å². The third-order valence-electron chi connectivity index (χ3n) is 3.57. The molecule has 21 heavy (non-hydrogen) atoms. The Morgan fingerprint density at radius 2 is 2.33 bits per heavy atom. The van der Waals surface area contributed by atoms with E-state index in [9.17, 15) is 8.42 Å². The van der Waals surface area contributed by atoms with Crippen molar-refractivity contribution < 1.29 is 13.5 Å². The molecular weight excluding hydrogens is 310 g/mol. The van der Waals surface area contributed by atoms with Crippen LogP contribution in [-0.4, -0.2) is 47.0 Å². The van der Waals surface area contributed by atoms with Crippen molar-refractivity contribution >= 4 is 21.8 Å². The number of sulfonamides is 1. The van der Waals surface area contributed by atoms with Crippen LogP contribution >= 0.6 is 11.8 Å². The van der Waals surface area contributed by atoms with Crippen molar-refractivity contribution in [3.63, 3.8) is 0 Å². The van der Waals surface area contributed by atoms with E-state index in [2.05, 4.69) is 16.7 Å². The lowest BCUT2D eigenvalue weighted by molar-refractivity contribution is 0.277. The van der Waals surface area contributed by atoms with Crippen molar-refractivity contribution in [3.05, 3.63) is 12.4 Å². The minimum atomic E-state index is -3.49. The number of hydrogen-bond acceptors (Lipinski definition) is 5. The number of nitrogens with zero attached hydrogens (tertiary/aromatic N) is 2. The van der Waals surface area contributed by atoms with Gasteiger partial charge in [0, 0.05) is 30.6 Å². The summed E-state index contributed by atoms with van der Waals surface area (Å²) >= 11 is 1.90. The zero-order valence-corrected chi connectivity index (χ0v) is 13.9. The van der Waals surface area contributed by atoms with E-state index >= 15 is 0 Å². The lowest BCUT2D eigenvalue weighted by Gasteiger charge is -2.12. The molecule has 0 saturated heterocycles. The largest absolute Gasteiger partial charge is 0.396 e. The van der Waals surface area contributed by atoms with Crippen LogP contribution in [0.15, 0.2) is 17.3 Å². The van der Waals surface area contributed by atoms with Crippen LogP contribution in [0.4, 0.5) is 0 Å². The molecule has 2 atom stereocenters. The molecule has 2 unspecified atom stereocenters. The van der Waals surface area contributed by atoms with Gasteiger partial charge in [-0.1, -0.05) is 6.92 Å². The lowest BCUT2D eigenvalue weighted by Crippen LogP contribution is -2.33. The maximum absolute atomic E-state index is 12.3. The fraction of sp³-hybridized carbons (Fsp3) is 0.769. The summed E-state index contributed by atoms with van der Waals surface area (Å²) in [6, 6.07) is 0.0276. The highest BCUT2D eigenvalue weighted by molar-refractivity contribution is 7.99. The molecule has 0 spiro atoms. The van der Waals surface area contributed by atoms with E-state index in [0.29, 0.717) is 18.2 Å². The maximum Gasteiger partial charge on any atom is 0.243 e. The van der Waals surface area contributed by atoms with Gasteiger partial charge in [-0.15, -0.1) is 0 Å². The van der Waals surface area contributed by atoms with Crippen LogP contribution in [0.5, 0.6) is 0 Å². The number of thioether (sulfide) groups is 1. The Kier molecular flexibility index (Phi) is 6.09. The highest BCUT2D eigenvalue weighted by Crippen LogP contribution is 2.30. The molecule has 1 aliphatic rings. The molecule has 0 amide bonds. The SMILES string of the molecule is CCSC1CCC(NS(=O)(=O)c2cnn(CCCO)c2)C1. The minimum Gasteiger partial charge on any atom is -0.396 e. The van der Waals surface area contributed by atoms with Crippen LogP contribution in [0, 0.1) is 0 Å². The average molecular weight is 333 g/mol. The van der Waals surface area contributed by atoms with E-state index in [1.807, 2.05) is 11.8 Å². The Balaban J connectivity index is 1.94. The van der Waals surface area contributed by atoms with Gasteiger partial charge in [0.2, 0.25) is 10.0 Å². The summed E-state index contributed by atoms with van der Waals surface area (Å²) in [6.45, 7) is 2.71. The van der Waals surface area contributed by atoms with Crippen LogP contribution in [0.1, 0.15) is 32.6 Å². The van der Waals surface area contributed by atoms with E-state index in [0.717, 1.165) is 25.0 Å². The van der Waals surface area contributed by atoms with Crippen LogP contribution in [0.2, 0.25) is 0 Å². The van der Waals surface area contributed by atoms with Crippen LogP contribution in [0.3, 0.4) is 0 Å². The molecule has 1 aromatic heterocycles. The van der Waals surface area contributed by atoms with Crippen LogP contribution in [0.25, 0.3) is 0 Å². The first-order chi connectivity index (χ1) is 10.0. The molecule has 2 rings (SSSR count). The molecule has 1 heterocycles. The summed E-state index contributed by atoms with van der Waals surface area (Å²) in [7, 11) is -3.49. The zero-order chi connectivity index (χ0) is 15.3. The normalized spacial score (nSPS) is 22.8. The number of nitrogens with one attached hydrogen (secondary N) is 1. The Morgan fingerprint density at radius 1 is 1.52 bits per heavy atom. The summed E-state index contributed by atoms with van der Waals surface area (Å²) in [6.07, 6.45) is 6.32. The first-order valence-corrected chi connectivity index (χ1v) is 9.85. The van der Waals surface area contributed by atoms with Gasteiger partial charge < -0.3 is 5.11 Å². The van der Waals surface area contributed by atoms with Gasteiger partial charge in [-0.05, 0) is 31.4 Å². The molecule has 0 radical (unpaired) electrons. The van der Waals surface area contributed by atoms with E-state index in [4.69, 9.17) is 5.11 Å². The second kappa shape index (κ2) is 7.62. The van der Waals surface area contributed by atoms with Gasteiger partial charge in [-0.3, -0.25) is 4.68 Å². The predicted molar refractivity (Wildman–Crippen MR) is 83.8 cm³/mol. The first-order valence-electron chi connectivity index (χ1n) is 7.32. The standard InChI is InChI=1S/C13H23N3O3S2/c1-2-20-12-5-4-11(8-12)15-21(18,19)13-9-14-16(10-13)6-3-7-17/h9-12,15,17H,2-8H2,1H3. The lowest BCUT2D eigenvalue weighted by atomic mass is 10.3. The fourth-order valence-corrected chi connectivity index (χ4v) is 4.94. The summed E-state index contributed by atoms with van der Waals surface area (Å²) in [5.41, 5.74) is 0. The summed E-state index contributed by atoms with van der Waals surface area (Å²) < 4.78 is 29.0. The number of hydrogen-bond donors (Lipinski definition) is 2. The van der Waals surface area contributed by atoms with E-state index in [1.165, 1.54) is 12.4 Å². The summed E-state index contributed by atoms with van der Waals surface area (Å²) in [4.78, 5) is 0.201. The molecular formula is C13H23N3O3S2. The third-order valence-corrected chi connectivity index (χ3v) is 6.28. The van der Waals surface area contributed by atoms with Gasteiger partial charge in [0.15, 0.2) is 0 Å². The van der Waals surface area contributed by atoms with Crippen molar-refractivity contribution in [2.24, 2.45) is 0 Å². The number of rotatable bonds is 8. The zero-order valence-electron chi connectivity index (χ0n) is 12.2. The van der Waals surface area contributed by atoms with Crippen molar-refractivity contribution in [2.75, 3.05) is 12.4 Å². The number of aliphatic hydroxyl groups is 1. The number of aromatic nitrogens is 2. The molecule has 0 bridgehead atoms. The Morgan fingerprint density at radius 3 is 3.05 bits per heavy atom. The van der Waals surface area contributed by atoms with E-state index in [-0.39, 0.29) is 17.5 Å². The summed E-state index contributed by atoms with van der Waals surface area (Å²) in [5, 5.41) is 13.4. The Hall–Kier alpha value is -0.570. The number of aryl methyl sites for hydroxylation is 1. The fourth-order valence-electron chi connectivity index (χ4n) is 2.56. The minimum absolute atomic E-state index is 0.0276. The summed E-state index contributed by atoms with van der Waals surface area (Å²) in [5.74, 6) is 1.07. The first kappa shape index (κ1) is 16.8.